The van der Waals surface area contributed by atoms with E-state index in [0.717, 1.165) is 24.9 Å². The second kappa shape index (κ2) is 7.20. The molecule has 148 valence electrons. The van der Waals surface area contributed by atoms with Crippen molar-refractivity contribution >= 4 is 0 Å². The van der Waals surface area contributed by atoms with Crippen LogP contribution in [0.5, 0.6) is 0 Å². The Bertz CT molecular complexity index is 530. The maximum Gasteiger partial charge on any atom is 0.121 e. The molecular weight excluding hydrogens is 324 g/mol. The minimum atomic E-state index is -0.0209. The number of allylic oxidation sites excluding steroid dienone is 1. The summed E-state index contributed by atoms with van der Waals surface area (Å²) in [6.45, 7) is 13.7. The van der Waals surface area contributed by atoms with E-state index in [9.17, 15) is 0 Å². The van der Waals surface area contributed by atoms with Gasteiger partial charge in [-0.15, -0.1) is 0 Å². The van der Waals surface area contributed by atoms with E-state index < -0.39 is 0 Å². The van der Waals surface area contributed by atoms with E-state index in [1.807, 2.05) is 0 Å². The van der Waals surface area contributed by atoms with Crippen LogP contribution in [0.15, 0.2) is 11.6 Å². The fraction of sp³-hybridized carbons (Fsp3) is 0.909. The van der Waals surface area contributed by atoms with Crippen molar-refractivity contribution in [2.24, 2.45) is 5.92 Å². The average Bonchev–Trinajstić information content (AvgIpc) is 3.46. The summed E-state index contributed by atoms with van der Waals surface area (Å²) in [6, 6.07) is 0.801. The van der Waals surface area contributed by atoms with Crippen molar-refractivity contribution in [3.63, 3.8) is 0 Å². The summed E-state index contributed by atoms with van der Waals surface area (Å²) in [6.07, 6.45) is 10.5. The summed E-state index contributed by atoms with van der Waals surface area (Å²) in [5, 5.41) is 3.45. The van der Waals surface area contributed by atoms with E-state index in [-0.39, 0.29) is 11.2 Å². The highest BCUT2D eigenvalue weighted by Crippen LogP contribution is 2.60. The number of epoxide rings is 2. The van der Waals surface area contributed by atoms with Crippen molar-refractivity contribution in [1.29, 1.82) is 0 Å². The number of likely N-dealkylation sites (tertiary alicyclic amines) is 1. The van der Waals surface area contributed by atoms with Gasteiger partial charge in [-0.05, 0) is 78.3 Å². The molecule has 4 rings (SSSR count). The Balaban J connectivity index is 1.18. The Hall–Kier alpha value is -0.420. The van der Waals surface area contributed by atoms with Gasteiger partial charge in [0.25, 0.3) is 0 Å². The molecule has 1 N–H and O–H groups in total. The molecule has 4 fully saturated rings. The van der Waals surface area contributed by atoms with E-state index in [4.69, 9.17) is 9.47 Å². The molecule has 0 amide bonds. The number of hydrogen-bond acceptors (Lipinski definition) is 4. The van der Waals surface area contributed by atoms with Crippen LogP contribution in [0.2, 0.25) is 0 Å². The largest absolute Gasteiger partial charge is 0.363 e. The zero-order valence-corrected chi connectivity index (χ0v) is 17.2. The van der Waals surface area contributed by atoms with Gasteiger partial charge in [0.15, 0.2) is 0 Å². The Morgan fingerprint density at radius 2 is 1.92 bits per heavy atom. The van der Waals surface area contributed by atoms with Crippen molar-refractivity contribution < 1.29 is 9.47 Å². The Morgan fingerprint density at radius 1 is 1.19 bits per heavy atom. The van der Waals surface area contributed by atoms with E-state index in [1.54, 1.807) is 0 Å². The molecule has 0 radical (unpaired) electrons. The molecule has 3 atom stereocenters. The molecule has 1 unspecified atom stereocenters. The van der Waals surface area contributed by atoms with E-state index >= 15 is 0 Å². The van der Waals surface area contributed by atoms with Crippen LogP contribution < -0.4 is 5.32 Å². The molecule has 1 spiro atoms. The molecule has 3 heterocycles. The van der Waals surface area contributed by atoms with Gasteiger partial charge in [0, 0.05) is 19.1 Å². The normalized spacial score (nSPS) is 42.5. The summed E-state index contributed by atoms with van der Waals surface area (Å²) in [5.41, 5.74) is 1.51. The number of rotatable bonds is 8. The molecule has 1 aliphatic carbocycles. The predicted molar refractivity (Wildman–Crippen MR) is 105 cm³/mol. The second-order valence-corrected chi connectivity index (χ2v) is 9.56. The van der Waals surface area contributed by atoms with E-state index in [1.165, 1.54) is 57.3 Å². The summed E-state index contributed by atoms with van der Waals surface area (Å²) >= 11 is 0. The van der Waals surface area contributed by atoms with Crippen molar-refractivity contribution in [1.82, 2.24) is 10.2 Å². The number of ether oxygens (including phenoxy) is 2. The first-order valence-corrected chi connectivity index (χ1v) is 10.9. The summed E-state index contributed by atoms with van der Waals surface area (Å²) in [5.74, 6) is 0.921. The third-order valence-electron chi connectivity index (χ3n) is 7.29. The second-order valence-electron chi connectivity index (χ2n) is 9.56. The Kier molecular flexibility index (Phi) is 5.24. The molecular formula is C22H38N2O2. The number of hydrogen-bond donors (Lipinski definition) is 1. The quantitative estimate of drug-likeness (QED) is 0.407. The lowest BCUT2D eigenvalue weighted by molar-refractivity contribution is 0.0201. The topological polar surface area (TPSA) is 40.3 Å². The van der Waals surface area contributed by atoms with Crippen molar-refractivity contribution in [3.05, 3.63) is 11.6 Å². The van der Waals surface area contributed by atoms with Gasteiger partial charge < -0.3 is 14.8 Å². The van der Waals surface area contributed by atoms with Crippen LogP contribution in [0.4, 0.5) is 0 Å². The van der Waals surface area contributed by atoms with Crippen LogP contribution in [-0.4, -0.2) is 60.5 Å². The molecule has 3 saturated heterocycles. The van der Waals surface area contributed by atoms with Crippen LogP contribution in [0, 0.1) is 5.92 Å². The molecule has 0 aromatic rings. The van der Waals surface area contributed by atoms with E-state index in [2.05, 4.69) is 44.0 Å². The molecule has 0 bridgehead atoms. The fourth-order valence-electron chi connectivity index (χ4n) is 5.38. The molecule has 4 aliphatic rings. The molecule has 3 aliphatic heterocycles. The van der Waals surface area contributed by atoms with Crippen LogP contribution in [0.3, 0.4) is 0 Å². The highest BCUT2D eigenvalue weighted by atomic mass is 16.7. The smallest absolute Gasteiger partial charge is 0.121 e. The number of nitrogens with one attached hydrogen (secondary N) is 1. The van der Waals surface area contributed by atoms with Gasteiger partial charge in [0.2, 0.25) is 0 Å². The van der Waals surface area contributed by atoms with Gasteiger partial charge >= 0.3 is 0 Å². The van der Waals surface area contributed by atoms with Gasteiger partial charge in [-0.25, -0.2) is 0 Å². The van der Waals surface area contributed by atoms with Crippen LogP contribution in [0.1, 0.15) is 66.2 Å². The average molecular weight is 363 g/mol. The molecule has 1 saturated carbocycles. The van der Waals surface area contributed by atoms with Gasteiger partial charge in [-0.2, -0.15) is 0 Å². The first kappa shape index (κ1) is 18.9. The van der Waals surface area contributed by atoms with Gasteiger partial charge in [0.05, 0.1) is 11.7 Å². The lowest BCUT2D eigenvalue weighted by atomic mass is 9.78. The highest BCUT2D eigenvalue weighted by Gasteiger charge is 2.73. The van der Waals surface area contributed by atoms with E-state index in [0.29, 0.717) is 12.2 Å². The van der Waals surface area contributed by atoms with Crippen molar-refractivity contribution in [2.75, 3.05) is 26.2 Å². The maximum atomic E-state index is 6.30. The minimum Gasteiger partial charge on any atom is -0.363 e. The third-order valence-corrected chi connectivity index (χ3v) is 7.29. The van der Waals surface area contributed by atoms with Gasteiger partial charge in [-0.3, -0.25) is 4.90 Å². The highest BCUT2D eigenvalue weighted by molar-refractivity contribution is 5.22. The summed E-state index contributed by atoms with van der Waals surface area (Å²) in [4.78, 5) is 2.73. The van der Waals surface area contributed by atoms with Crippen LogP contribution >= 0.6 is 0 Å². The first-order valence-electron chi connectivity index (χ1n) is 10.9. The minimum absolute atomic E-state index is 0.0209. The third kappa shape index (κ3) is 3.63. The van der Waals surface area contributed by atoms with Crippen molar-refractivity contribution in [2.45, 2.75) is 95.7 Å². The molecule has 4 nitrogen and oxygen atoms in total. The van der Waals surface area contributed by atoms with Crippen LogP contribution in [-0.2, 0) is 9.47 Å². The Morgan fingerprint density at radius 3 is 2.58 bits per heavy atom. The molecule has 0 aromatic carbocycles. The molecule has 26 heavy (non-hydrogen) atoms. The molecule has 0 aromatic heterocycles. The zero-order chi connectivity index (χ0) is 18.4. The predicted octanol–water partition coefficient (Wildman–Crippen LogP) is 3.51. The SMILES string of the molecule is CCNCCC1CN(C2CCC3(CC2)OC3[C@]2(C)O[C@@H]2CC=C(C)C)C1. The lowest BCUT2D eigenvalue weighted by Crippen LogP contribution is -2.54. The van der Waals surface area contributed by atoms with Gasteiger partial charge in [-0.1, -0.05) is 18.6 Å². The Labute approximate surface area is 159 Å². The summed E-state index contributed by atoms with van der Waals surface area (Å²) in [7, 11) is 0. The van der Waals surface area contributed by atoms with Gasteiger partial charge in [0.1, 0.15) is 11.7 Å². The van der Waals surface area contributed by atoms with Crippen molar-refractivity contribution in [3.8, 4) is 0 Å². The monoisotopic (exact) mass is 362 g/mol. The summed E-state index contributed by atoms with van der Waals surface area (Å²) < 4.78 is 12.4. The lowest BCUT2D eigenvalue weighted by Gasteiger charge is -2.46. The zero-order valence-electron chi connectivity index (χ0n) is 17.2. The maximum absolute atomic E-state index is 6.30. The van der Waals surface area contributed by atoms with Crippen LogP contribution in [0.25, 0.3) is 0 Å². The fourth-order valence-corrected chi connectivity index (χ4v) is 5.38. The number of nitrogens with zero attached hydrogens (tertiary/aromatic N) is 1. The standard InChI is InChI=1S/C22H38N2O2/c1-5-23-13-10-17-14-24(15-17)18-8-11-22(12-9-18)20(26-22)21(4)19(25-21)7-6-16(2)3/h6,17-20,23H,5,7-15H2,1-4H3/t18?,19-,20?,21-,22?/m1/s1. The first-order chi connectivity index (χ1) is 12.5. The molecule has 4 heteroatoms.